The van der Waals surface area contributed by atoms with Crippen LogP contribution in [-0.2, 0) is 6.54 Å². The number of hydrogen-bond acceptors (Lipinski definition) is 1. The summed E-state index contributed by atoms with van der Waals surface area (Å²) in [4.78, 5) is 0. The van der Waals surface area contributed by atoms with Gasteiger partial charge in [0.2, 0.25) is 0 Å². The molecule has 2 aromatic rings. The molecule has 0 saturated carbocycles. The third-order valence-electron chi connectivity index (χ3n) is 3.46. The molecule has 0 fully saturated rings. The van der Waals surface area contributed by atoms with Crippen LogP contribution < -0.4 is 5.32 Å². The van der Waals surface area contributed by atoms with E-state index in [0.717, 1.165) is 16.5 Å². The van der Waals surface area contributed by atoms with E-state index in [1.54, 1.807) is 0 Å². The average molecular weight is 350 g/mol. The maximum absolute atomic E-state index is 13.1. The molecule has 0 aliphatic rings. The van der Waals surface area contributed by atoms with E-state index in [0.29, 0.717) is 18.5 Å². The molecule has 3 heteroatoms. The molecular formula is C18H21BrFN. The Morgan fingerprint density at radius 2 is 1.81 bits per heavy atom. The van der Waals surface area contributed by atoms with E-state index in [4.69, 9.17) is 0 Å². The second-order valence-corrected chi connectivity index (χ2v) is 6.56. The summed E-state index contributed by atoms with van der Waals surface area (Å²) in [6.45, 7) is 5.17. The zero-order valence-corrected chi connectivity index (χ0v) is 14.0. The summed E-state index contributed by atoms with van der Waals surface area (Å²) >= 11 is 3.42. The van der Waals surface area contributed by atoms with E-state index < -0.39 is 0 Å². The van der Waals surface area contributed by atoms with Gasteiger partial charge < -0.3 is 5.32 Å². The van der Waals surface area contributed by atoms with Crippen LogP contribution in [0.5, 0.6) is 0 Å². The summed E-state index contributed by atoms with van der Waals surface area (Å²) in [5.74, 6) is 0.395. The van der Waals surface area contributed by atoms with Crippen molar-refractivity contribution in [1.82, 2.24) is 5.32 Å². The van der Waals surface area contributed by atoms with Gasteiger partial charge in [0.15, 0.2) is 0 Å². The van der Waals surface area contributed by atoms with E-state index >= 15 is 0 Å². The van der Waals surface area contributed by atoms with Crippen LogP contribution in [0.2, 0.25) is 0 Å². The minimum absolute atomic E-state index is 0.215. The number of nitrogens with one attached hydrogen (secondary N) is 1. The minimum atomic E-state index is -0.215. The van der Waals surface area contributed by atoms with Gasteiger partial charge in [-0.05, 0) is 35.6 Å². The molecule has 1 nitrogen and oxygen atoms in total. The van der Waals surface area contributed by atoms with Crippen LogP contribution in [-0.4, -0.2) is 0 Å². The van der Waals surface area contributed by atoms with Gasteiger partial charge in [-0.3, -0.25) is 0 Å². The Morgan fingerprint density at radius 3 is 2.43 bits per heavy atom. The molecule has 1 N–H and O–H groups in total. The molecule has 0 amide bonds. The minimum Gasteiger partial charge on any atom is -0.306 e. The largest absolute Gasteiger partial charge is 0.306 e. The normalized spacial score (nSPS) is 12.6. The van der Waals surface area contributed by atoms with Crippen molar-refractivity contribution in [3.05, 3.63) is 69.9 Å². The van der Waals surface area contributed by atoms with Crippen molar-refractivity contribution in [3.8, 4) is 0 Å². The van der Waals surface area contributed by atoms with Gasteiger partial charge in [-0.15, -0.1) is 0 Å². The molecule has 0 radical (unpaired) electrons. The summed E-state index contributed by atoms with van der Waals surface area (Å²) < 4.78 is 13.9. The molecule has 0 aliphatic heterocycles. The van der Waals surface area contributed by atoms with Crippen molar-refractivity contribution in [3.63, 3.8) is 0 Å². The Kier molecular flexibility index (Phi) is 5.95. The number of halogens is 2. The topological polar surface area (TPSA) is 12.0 Å². The van der Waals surface area contributed by atoms with E-state index in [1.165, 1.54) is 17.7 Å². The summed E-state index contributed by atoms with van der Waals surface area (Å²) in [7, 11) is 0. The smallest absolute Gasteiger partial charge is 0.124 e. The molecule has 112 valence electrons. The van der Waals surface area contributed by atoms with E-state index in [9.17, 15) is 4.39 Å². The van der Waals surface area contributed by atoms with E-state index in [1.807, 2.05) is 12.1 Å². The molecule has 0 spiro atoms. The zero-order valence-electron chi connectivity index (χ0n) is 12.4. The van der Waals surface area contributed by atoms with Gasteiger partial charge in [0.05, 0.1) is 0 Å². The van der Waals surface area contributed by atoms with Crippen LogP contribution in [0.25, 0.3) is 0 Å². The first-order chi connectivity index (χ1) is 10.1. The van der Waals surface area contributed by atoms with Gasteiger partial charge >= 0.3 is 0 Å². The second kappa shape index (κ2) is 7.71. The van der Waals surface area contributed by atoms with Crippen LogP contribution in [0.15, 0.2) is 53.0 Å². The van der Waals surface area contributed by atoms with Crippen molar-refractivity contribution in [2.75, 3.05) is 0 Å². The molecule has 0 bridgehead atoms. The van der Waals surface area contributed by atoms with Crippen molar-refractivity contribution < 1.29 is 4.39 Å². The first-order valence-corrected chi connectivity index (χ1v) is 8.08. The highest BCUT2D eigenvalue weighted by molar-refractivity contribution is 9.10. The SMILES string of the molecule is CC(C)CC(NCc1ccc(F)cc1Br)c1ccccc1. The van der Waals surface area contributed by atoms with Crippen molar-refractivity contribution >= 4 is 15.9 Å². The summed E-state index contributed by atoms with van der Waals surface area (Å²) in [6.07, 6.45) is 1.07. The van der Waals surface area contributed by atoms with E-state index in [-0.39, 0.29) is 5.82 Å². The fourth-order valence-corrected chi connectivity index (χ4v) is 2.88. The molecular weight excluding hydrogens is 329 g/mol. The average Bonchev–Trinajstić information content (AvgIpc) is 2.45. The van der Waals surface area contributed by atoms with Gasteiger partial charge in [-0.1, -0.05) is 66.2 Å². The Labute approximate surface area is 134 Å². The molecule has 0 saturated heterocycles. The Bertz CT molecular complexity index is 569. The quantitative estimate of drug-likeness (QED) is 0.729. The molecule has 21 heavy (non-hydrogen) atoms. The van der Waals surface area contributed by atoms with Gasteiger partial charge in [0.1, 0.15) is 5.82 Å². The van der Waals surface area contributed by atoms with Gasteiger partial charge in [0, 0.05) is 17.1 Å². The second-order valence-electron chi connectivity index (χ2n) is 5.71. The lowest BCUT2D eigenvalue weighted by molar-refractivity contribution is 0.428. The third kappa shape index (κ3) is 4.94. The Morgan fingerprint density at radius 1 is 1.10 bits per heavy atom. The number of rotatable bonds is 6. The first kappa shape index (κ1) is 16.2. The highest BCUT2D eigenvalue weighted by Crippen LogP contribution is 2.23. The third-order valence-corrected chi connectivity index (χ3v) is 4.20. The molecule has 2 rings (SSSR count). The standard InChI is InChI=1S/C18H21BrFN/c1-13(2)10-18(14-6-4-3-5-7-14)21-12-15-8-9-16(20)11-17(15)19/h3-9,11,13,18,21H,10,12H2,1-2H3. The molecule has 2 aromatic carbocycles. The van der Waals surface area contributed by atoms with Crippen LogP contribution in [0.3, 0.4) is 0 Å². The van der Waals surface area contributed by atoms with Crippen molar-refractivity contribution in [1.29, 1.82) is 0 Å². The summed E-state index contributed by atoms with van der Waals surface area (Å²) in [6, 6.07) is 15.6. The zero-order chi connectivity index (χ0) is 15.2. The van der Waals surface area contributed by atoms with Gasteiger partial charge in [-0.2, -0.15) is 0 Å². The number of benzene rings is 2. The van der Waals surface area contributed by atoms with Crippen LogP contribution >= 0.6 is 15.9 Å². The fourth-order valence-electron chi connectivity index (χ4n) is 2.39. The Balaban J connectivity index is 2.09. The molecule has 0 heterocycles. The predicted molar refractivity (Wildman–Crippen MR) is 89.6 cm³/mol. The van der Waals surface area contributed by atoms with Crippen LogP contribution in [0.1, 0.15) is 37.4 Å². The summed E-state index contributed by atoms with van der Waals surface area (Å²) in [5.41, 5.74) is 2.37. The molecule has 0 aliphatic carbocycles. The van der Waals surface area contributed by atoms with Crippen LogP contribution in [0, 0.1) is 11.7 Å². The van der Waals surface area contributed by atoms with Gasteiger partial charge in [-0.25, -0.2) is 4.39 Å². The van der Waals surface area contributed by atoms with E-state index in [2.05, 4.69) is 59.4 Å². The predicted octanol–water partition coefficient (Wildman–Crippen LogP) is 5.47. The molecule has 1 unspecified atom stereocenters. The highest BCUT2D eigenvalue weighted by atomic mass is 79.9. The lowest BCUT2D eigenvalue weighted by Crippen LogP contribution is -2.22. The maximum Gasteiger partial charge on any atom is 0.124 e. The monoisotopic (exact) mass is 349 g/mol. The molecule has 0 aromatic heterocycles. The van der Waals surface area contributed by atoms with Crippen LogP contribution in [0.4, 0.5) is 4.39 Å². The lowest BCUT2D eigenvalue weighted by Gasteiger charge is -2.21. The summed E-state index contributed by atoms with van der Waals surface area (Å²) in [5, 5.41) is 3.59. The Hall–Kier alpha value is -1.19. The molecule has 1 atom stereocenters. The highest BCUT2D eigenvalue weighted by Gasteiger charge is 2.13. The van der Waals surface area contributed by atoms with Gasteiger partial charge in [0.25, 0.3) is 0 Å². The lowest BCUT2D eigenvalue weighted by atomic mass is 9.97. The van der Waals surface area contributed by atoms with Crippen molar-refractivity contribution in [2.45, 2.75) is 32.9 Å². The maximum atomic E-state index is 13.1. The first-order valence-electron chi connectivity index (χ1n) is 7.28. The fraction of sp³-hybridized carbons (Fsp3) is 0.333. The van der Waals surface area contributed by atoms with Crippen molar-refractivity contribution in [2.24, 2.45) is 5.92 Å². The number of hydrogen-bond donors (Lipinski definition) is 1.